The minimum atomic E-state index is -0.509. The third-order valence-corrected chi connectivity index (χ3v) is 6.23. The van der Waals surface area contributed by atoms with Crippen LogP contribution in [0.4, 0.5) is 4.39 Å². The molecule has 1 N–H and O–H groups in total. The van der Waals surface area contributed by atoms with E-state index in [0.29, 0.717) is 33.3 Å². The number of fused-ring (bicyclic) bond motifs is 2. The van der Waals surface area contributed by atoms with E-state index in [1.54, 1.807) is 41.9 Å². The molecular weight excluding hydrogens is 501 g/mol. The van der Waals surface area contributed by atoms with Crippen molar-refractivity contribution in [2.45, 2.75) is 33.4 Å². The third-order valence-electron chi connectivity index (χ3n) is 6.23. The largest absolute Gasteiger partial charge is 0.488 e. The third kappa shape index (κ3) is 5.56. The number of hydrogen-bond donors (Lipinski definition) is 1. The fourth-order valence-corrected chi connectivity index (χ4v) is 4.45. The van der Waals surface area contributed by atoms with Crippen LogP contribution in [-0.4, -0.2) is 57.3 Å². The second-order valence-corrected chi connectivity index (χ2v) is 9.84. The monoisotopic (exact) mass is 531 g/mol. The maximum Gasteiger partial charge on any atom is 0.338 e. The van der Waals surface area contributed by atoms with Crippen LogP contribution in [0.2, 0.25) is 0 Å². The Balaban J connectivity index is 1.29. The smallest absolute Gasteiger partial charge is 0.338 e. The maximum atomic E-state index is 15.1. The molecule has 202 valence electrons. The summed E-state index contributed by atoms with van der Waals surface area (Å²) >= 11 is 0. The first-order chi connectivity index (χ1) is 18.7. The predicted octanol–water partition coefficient (Wildman–Crippen LogP) is 5.44. The number of esters is 1. The van der Waals surface area contributed by atoms with Gasteiger partial charge in [0.25, 0.3) is 0 Å². The molecule has 2 aromatic carbocycles. The highest BCUT2D eigenvalue weighted by Gasteiger charge is 2.20. The standard InChI is InChI=1S/C29H30FN5O4/c1-17-11-22-23(33-17)9-10-24(26(22)30)39-28-27-19(3)25(14-35(27)32-16-31-28)37-15-18(2)38-29(36)21-8-6-7-20(12-21)13-34(4)5/h6-12,14,16,18,33H,13,15H2,1-5H3/t18-/m1/s1. The van der Waals surface area contributed by atoms with Crippen molar-refractivity contribution in [2.24, 2.45) is 0 Å². The van der Waals surface area contributed by atoms with Gasteiger partial charge in [0.15, 0.2) is 11.6 Å². The number of nitrogens with zero attached hydrogens (tertiary/aromatic N) is 4. The number of benzene rings is 2. The molecule has 39 heavy (non-hydrogen) atoms. The van der Waals surface area contributed by atoms with Crippen LogP contribution in [-0.2, 0) is 11.3 Å². The van der Waals surface area contributed by atoms with Gasteiger partial charge < -0.3 is 24.1 Å². The predicted molar refractivity (Wildman–Crippen MR) is 145 cm³/mol. The lowest BCUT2D eigenvalue weighted by Gasteiger charge is -2.15. The lowest BCUT2D eigenvalue weighted by atomic mass is 10.1. The molecule has 0 unspecified atom stereocenters. The molecule has 0 fully saturated rings. The molecule has 0 bridgehead atoms. The highest BCUT2D eigenvalue weighted by molar-refractivity contribution is 5.89. The molecule has 5 rings (SSSR count). The zero-order valence-corrected chi connectivity index (χ0v) is 22.5. The van der Waals surface area contributed by atoms with E-state index in [1.807, 2.05) is 51.0 Å². The number of rotatable bonds is 9. The highest BCUT2D eigenvalue weighted by Crippen LogP contribution is 2.34. The van der Waals surface area contributed by atoms with E-state index in [4.69, 9.17) is 14.2 Å². The molecule has 0 saturated heterocycles. The summed E-state index contributed by atoms with van der Waals surface area (Å²) in [7, 11) is 3.94. The zero-order chi connectivity index (χ0) is 27.7. The van der Waals surface area contributed by atoms with Gasteiger partial charge in [0.2, 0.25) is 5.88 Å². The van der Waals surface area contributed by atoms with Crippen molar-refractivity contribution in [3.05, 3.63) is 83.2 Å². The number of halogens is 1. The van der Waals surface area contributed by atoms with Crippen molar-refractivity contribution in [3.63, 3.8) is 0 Å². The first-order valence-corrected chi connectivity index (χ1v) is 12.6. The summed E-state index contributed by atoms with van der Waals surface area (Å²) in [6.07, 6.45) is 2.51. The topological polar surface area (TPSA) is 94.0 Å². The van der Waals surface area contributed by atoms with Gasteiger partial charge in [0, 0.05) is 28.7 Å². The molecule has 0 aliphatic carbocycles. The molecule has 5 aromatic rings. The van der Waals surface area contributed by atoms with Crippen LogP contribution >= 0.6 is 0 Å². The van der Waals surface area contributed by atoms with Crippen molar-refractivity contribution < 1.29 is 23.4 Å². The molecule has 0 radical (unpaired) electrons. The highest BCUT2D eigenvalue weighted by atomic mass is 19.1. The quantitative estimate of drug-likeness (QED) is 0.253. The summed E-state index contributed by atoms with van der Waals surface area (Å²) in [6.45, 7) is 6.32. The Hall–Kier alpha value is -4.44. The summed E-state index contributed by atoms with van der Waals surface area (Å²) in [6, 6.07) is 12.4. The van der Waals surface area contributed by atoms with Crippen molar-refractivity contribution in [2.75, 3.05) is 20.7 Å². The molecule has 0 aliphatic heterocycles. The minimum absolute atomic E-state index is 0.0559. The van der Waals surface area contributed by atoms with E-state index in [-0.39, 0.29) is 18.2 Å². The van der Waals surface area contributed by atoms with Gasteiger partial charge in [-0.25, -0.2) is 13.7 Å². The first-order valence-electron chi connectivity index (χ1n) is 12.6. The van der Waals surface area contributed by atoms with Crippen LogP contribution in [0.1, 0.15) is 34.1 Å². The number of hydrogen-bond acceptors (Lipinski definition) is 7. The fourth-order valence-electron chi connectivity index (χ4n) is 4.45. The van der Waals surface area contributed by atoms with E-state index in [1.165, 1.54) is 6.33 Å². The van der Waals surface area contributed by atoms with Crippen LogP contribution in [0.3, 0.4) is 0 Å². The Bertz CT molecular complexity index is 1660. The van der Waals surface area contributed by atoms with E-state index < -0.39 is 17.9 Å². The molecule has 3 aromatic heterocycles. The molecule has 9 nitrogen and oxygen atoms in total. The Labute approximate surface area is 225 Å². The zero-order valence-electron chi connectivity index (χ0n) is 22.5. The molecule has 0 aliphatic rings. The molecule has 0 amide bonds. The number of carbonyl (C=O) groups is 1. The fraction of sp³-hybridized carbons (Fsp3) is 0.276. The number of nitrogens with one attached hydrogen (secondary N) is 1. The minimum Gasteiger partial charge on any atom is -0.488 e. The number of aromatic amines is 1. The van der Waals surface area contributed by atoms with E-state index >= 15 is 4.39 Å². The van der Waals surface area contributed by atoms with Gasteiger partial charge in [-0.2, -0.15) is 10.1 Å². The number of ether oxygens (including phenoxy) is 3. The average Bonchev–Trinajstić information content (AvgIpc) is 3.44. The lowest BCUT2D eigenvalue weighted by Crippen LogP contribution is -2.22. The van der Waals surface area contributed by atoms with Crippen LogP contribution in [0.5, 0.6) is 17.4 Å². The number of aromatic nitrogens is 4. The average molecular weight is 532 g/mol. The Morgan fingerprint density at radius 2 is 1.97 bits per heavy atom. The van der Waals surface area contributed by atoms with E-state index in [9.17, 15) is 4.79 Å². The second-order valence-electron chi connectivity index (χ2n) is 9.84. The molecule has 0 spiro atoms. The summed E-state index contributed by atoms with van der Waals surface area (Å²) in [5.74, 6) is -0.116. The molecule has 10 heteroatoms. The van der Waals surface area contributed by atoms with Crippen LogP contribution < -0.4 is 9.47 Å². The Kier molecular flexibility index (Phi) is 7.21. The van der Waals surface area contributed by atoms with Gasteiger partial charge in [-0.1, -0.05) is 12.1 Å². The van der Waals surface area contributed by atoms with Crippen molar-refractivity contribution in [1.82, 2.24) is 24.5 Å². The second kappa shape index (κ2) is 10.7. The van der Waals surface area contributed by atoms with E-state index in [0.717, 1.165) is 17.8 Å². The van der Waals surface area contributed by atoms with Gasteiger partial charge >= 0.3 is 5.97 Å². The van der Waals surface area contributed by atoms with Crippen molar-refractivity contribution in [3.8, 4) is 17.4 Å². The number of carbonyl (C=O) groups excluding carboxylic acids is 1. The van der Waals surface area contributed by atoms with Crippen molar-refractivity contribution >= 4 is 22.4 Å². The normalized spacial score (nSPS) is 12.3. The summed E-state index contributed by atoms with van der Waals surface area (Å²) in [4.78, 5) is 22.1. The maximum absolute atomic E-state index is 15.1. The van der Waals surface area contributed by atoms with Gasteiger partial charge in [0.1, 0.15) is 30.3 Å². The first kappa shape index (κ1) is 26.2. The lowest BCUT2D eigenvalue weighted by molar-refractivity contribution is 0.0228. The summed E-state index contributed by atoms with van der Waals surface area (Å²) in [5, 5.41) is 4.69. The number of aryl methyl sites for hydroxylation is 2. The van der Waals surface area contributed by atoms with Crippen LogP contribution in [0.25, 0.3) is 16.4 Å². The SMILES string of the molecule is Cc1cc2c(F)c(Oc3ncnn4cc(OC[C@@H](C)OC(=O)c5cccc(CN(C)C)c5)c(C)c34)ccc2[nH]1. The molecular formula is C29H30FN5O4. The van der Waals surface area contributed by atoms with E-state index in [2.05, 4.69) is 15.1 Å². The Morgan fingerprint density at radius 1 is 1.15 bits per heavy atom. The van der Waals surface area contributed by atoms with Crippen molar-refractivity contribution in [1.29, 1.82) is 0 Å². The summed E-state index contributed by atoms with van der Waals surface area (Å²) in [5.41, 5.74) is 4.31. The van der Waals surface area contributed by atoms with Gasteiger partial charge in [0.05, 0.1) is 11.8 Å². The van der Waals surface area contributed by atoms with Gasteiger partial charge in [-0.05, 0) is 70.8 Å². The van der Waals surface area contributed by atoms with Crippen LogP contribution in [0, 0.1) is 19.7 Å². The van der Waals surface area contributed by atoms with Gasteiger partial charge in [-0.3, -0.25) is 0 Å². The Morgan fingerprint density at radius 3 is 2.77 bits per heavy atom. The molecule has 1 atom stereocenters. The van der Waals surface area contributed by atoms with Crippen LogP contribution in [0.15, 0.2) is 55.0 Å². The number of H-pyrrole nitrogens is 1. The summed E-state index contributed by atoms with van der Waals surface area (Å²) < 4.78 is 34.2. The van der Waals surface area contributed by atoms with Gasteiger partial charge in [-0.15, -0.1) is 0 Å². The molecule has 3 heterocycles. The molecule has 0 saturated carbocycles.